The Balaban J connectivity index is 1.92. The molecule has 1 fully saturated rings. The fraction of sp³-hybridized carbons (Fsp3) is 0.529. The van der Waals surface area contributed by atoms with Crippen molar-refractivity contribution < 1.29 is 32.6 Å². The Labute approximate surface area is 143 Å². The number of rotatable bonds is 6. The molecule has 1 aromatic carbocycles. The molecule has 1 saturated heterocycles. The van der Waals surface area contributed by atoms with E-state index in [0.29, 0.717) is 26.1 Å². The molecule has 25 heavy (non-hydrogen) atoms. The van der Waals surface area contributed by atoms with Gasteiger partial charge in [-0.1, -0.05) is 18.2 Å². The zero-order chi connectivity index (χ0) is 18.4. The molecule has 138 valence electrons. The van der Waals surface area contributed by atoms with Crippen LogP contribution in [0.25, 0.3) is 0 Å². The Morgan fingerprint density at radius 2 is 1.96 bits per heavy atom. The molecule has 1 unspecified atom stereocenters. The molecule has 5 nitrogen and oxygen atoms in total. The van der Waals surface area contributed by atoms with E-state index in [2.05, 4.69) is 5.32 Å². The molecule has 0 aliphatic carbocycles. The van der Waals surface area contributed by atoms with Crippen LogP contribution in [0.3, 0.4) is 0 Å². The summed E-state index contributed by atoms with van der Waals surface area (Å²) in [6, 6.07) is 4.54. The molecule has 0 radical (unpaired) electrons. The van der Waals surface area contributed by atoms with Gasteiger partial charge in [-0.2, -0.15) is 13.2 Å². The predicted molar refractivity (Wildman–Crippen MR) is 82.8 cm³/mol. The van der Waals surface area contributed by atoms with Gasteiger partial charge in [-0.15, -0.1) is 0 Å². The van der Waals surface area contributed by atoms with Crippen LogP contribution in [0.4, 0.5) is 13.2 Å². The van der Waals surface area contributed by atoms with E-state index in [4.69, 9.17) is 4.74 Å². The van der Waals surface area contributed by atoms with Crippen LogP contribution in [0.2, 0.25) is 0 Å². The average molecular weight is 359 g/mol. The highest BCUT2D eigenvalue weighted by atomic mass is 19.4. The molecule has 2 N–H and O–H groups in total. The van der Waals surface area contributed by atoms with Gasteiger partial charge in [0.15, 0.2) is 0 Å². The number of hydrogen-bond donors (Lipinski definition) is 2. The lowest BCUT2D eigenvalue weighted by molar-refractivity contribution is -0.145. The Morgan fingerprint density at radius 1 is 1.28 bits per heavy atom. The minimum atomic E-state index is -4.47. The number of carboxylic acids is 1. The Hall–Kier alpha value is -2.09. The molecule has 1 aliphatic heterocycles. The predicted octanol–water partition coefficient (Wildman–Crippen LogP) is 2.49. The van der Waals surface area contributed by atoms with Gasteiger partial charge in [-0.05, 0) is 30.4 Å². The van der Waals surface area contributed by atoms with E-state index in [1.807, 2.05) is 0 Å². The molecule has 0 saturated carbocycles. The topological polar surface area (TPSA) is 75.6 Å². The van der Waals surface area contributed by atoms with Crippen LogP contribution in [-0.4, -0.2) is 36.7 Å². The van der Waals surface area contributed by atoms with E-state index in [0.717, 1.165) is 12.1 Å². The number of amides is 1. The van der Waals surface area contributed by atoms with Crippen LogP contribution in [0.1, 0.15) is 24.0 Å². The Kier molecular flexibility index (Phi) is 6.41. The van der Waals surface area contributed by atoms with Crippen molar-refractivity contribution >= 4 is 11.9 Å². The van der Waals surface area contributed by atoms with Gasteiger partial charge in [-0.3, -0.25) is 9.59 Å². The van der Waals surface area contributed by atoms with Crippen molar-refractivity contribution in [3.05, 3.63) is 35.4 Å². The average Bonchev–Trinajstić information content (AvgIpc) is 2.55. The highest BCUT2D eigenvalue weighted by Gasteiger charge is 2.31. The van der Waals surface area contributed by atoms with Gasteiger partial charge in [0.1, 0.15) is 0 Å². The molecule has 0 spiro atoms. The van der Waals surface area contributed by atoms with Crippen LogP contribution < -0.4 is 5.32 Å². The summed E-state index contributed by atoms with van der Waals surface area (Å²) in [5.74, 6) is -2.31. The van der Waals surface area contributed by atoms with Gasteiger partial charge in [0.2, 0.25) is 5.91 Å². The molecular formula is C17H20F3NO4. The smallest absolute Gasteiger partial charge is 0.416 e. The second-order valence-corrected chi connectivity index (χ2v) is 6.07. The molecule has 1 amide bonds. The van der Waals surface area contributed by atoms with Crippen LogP contribution in [-0.2, 0) is 26.9 Å². The maximum atomic E-state index is 12.7. The van der Waals surface area contributed by atoms with Crippen molar-refractivity contribution in [2.75, 3.05) is 19.8 Å². The summed E-state index contributed by atoms with van der Waals surface area (Å²) in [6.45, 7) is 0.942. The molecule has 1 aliphatic rings. The zero-order valence-corrected chi connectivity index (χ0v) is 13.5. The summed E-state index contributed by atoms with van der Waals surface area (Å²) >= 11 is 0. The monoisotopic (exact) mass is 359 g/mol. The fourth-order valence-corrected chi connectivity index (χ4v) is 2.90. The number of nitrogens with one attached hydrogen (secondary N) is 1. The van der Waals surface area contributed by atoms with Gasteiger partial charge < -0.3 is 15.2 Å². The third-order valence-electron chi connectivity index (χ3n) is 4.29. The normalized spacial score (nSPS) is 17.1. The van der Waals surface area contributed by atoms with E-state index in [-0.39, 0.29) is 24.4 Å². The van der Waals surface area contributed by atoms with Crippen molar-refractivity contribution in [2.45, 2.75) is 25.4 Å². The summed E-state index contributed by atoms with van der Waals surface area (Å²) in [6.07, 6.45) is -3.48. The lowest BCUT2D eigenvalue weighted by Gasteiger charge is -2.27. The van der Waals surface area contributed by atoms with E-state index >= 15 is 0 Å². The number of carbonyl (C=O) groups excluding carboxylic acids is 1. The minimum Gasteiger partial charge on any atom is -0.481 e. The summed E-state index contributed by atoms with van der Waals surface area (Å²) in [5.41, 5.74) is -0.589. The van der Waals surface area contributed by atoms with E-state index in [1.165, 1.54) is 12.1 Å². The molecule has 0 bridgehead atoms. The van der Waals surface area contributed by atoms with Crippen LogP contribution in [0.15, 0.2) is 24.3 Å². The first kappa shape index (κ1) is 19.2. The van der Waals surface area contributed by atoms with Crippen molar-refractivity contribution in [1.82, 2.24) is 5.32 Å². The summed E-state index contributed by atoms with van der Waals surface area (Å²) in [5, 5.41) is 11.9. The highest BCUT2D eigenvalue weighted by Crippen LogP contribution is 2.29. The summed E-state index contributed by atoms with van der Waals surface area (Å²) in [4.78, 5) is 23.4. The van der Waals surface area contributed by atoms with Crippen molar-refractivity contribution in [2.24, 2.45) is 11.8 Å². The van der Waals surface area contributed by atoms with Crippen molar-refractivity contribution in [3.63, 3.8) is 0 Å². The number of benzene rings is 1. The number of hydrogen-bond acceptors (Lipinski definition) is 3. The summed E-state index contributed by atoms with van der Waals surface area (Å²) < 4.78 is 43.2. The van der Waals surface area contributed by atoms with Crippen molar-refractivity contribution in [3.8, 4) is 0 Å². The molecule has 1 heterocycles. The molecule has 2 rings (SSSR count). The van der Waals surface area contributed by atoms with Crippen LogP contribution >= 0.6 is 0 Å². The zero-order valence-electron chi connectivity index (χ0n) is 13.5. The van der Waals surface area contributed by atoms with Crippen LogP contribution in [0.5, 0.6) is 0 Å². The number of carboxylic acid groups (broad SMARTS) is 1. The van der Waals surface area contributed by atoms with Gasteiger partial charge in [-0.25, -0.2) is 0 Å². The van der Waals surface area contributed by atoms with Crippen LogP contribution in [0, 0.1) is 11.8 Å². The number of ether oxygens (including phenoxy) is 1. The standard InChI is InChI=1S/C17H20F3NO4/c18-17(19,20)13-3-1-2-11(8-13)9-15(22)21-10-14(16(23)24)12-4-6-25-7-5-12/h1-3,8,12,14H,4-7,9-10H2,(H,21,22)(H,23,24). The second-order valence-electron chi connectivity index (χ2n) is 6.07. The lowest BCUT2D eigenvalue weighted by Crippen LogP contribution is -2.39. The maximum absolute atomic E-state index is 12.7. The Bertz CT molecular complexity index is 612. The first-order chi connectivity index (χ1) is 11.8. The number of alkyl halides is 3. The van der Waals surface area contributed by atoms with Gasteiger partial charge in [0.05, 0.1) is 17.9 Å². The SMILES string of the molecule is O=C(Cc1cccc(C(F)(F)F)c1)NCC(C(=O)O)C1CCOCC1. The molecule has 8 heteroatoms. The first-order valence-electron chi connectivity index (χ1n) is 8.00. The first-order valence-corrected chi connectivity index (χ1v) is 8.00. The maximum Gasteiger partial charge on any atom is 0.416 e. The number of carbonyl (C=O) groups is 2. The van der Waals surface area contributed by atoms with E-state index in [1.54, 1.807) is 0 Å². The third kappa shape index (κ3) is 5.74. The van der Waals surface area contributed by atoms with E-state index in [9.17, 15) is 27.9 Å². The third-order valence-corrected chi connectivity index (χ3v) is 4.29. The van der Waals surface area contributed by atoms with E-state index < -0.39 is 29.5 Å². The second kappa shape index (κ2) is 8.33. The fourth-order valence-electron chi connectivity index (χ4n) is 2.90. The molecule has 0 aromatic heterocycles. The van der Waals surface area contributed by atoms with Crippen molar-refractivity contribution in [1.29, 1.82) is 0 Å². The lowest BCUT2D eigenvalue weighted by atomic mass is 9.86. The molecular weight excluding hydrogens is 339 g/mol. The minimum absolute atomic E-state index is 0.0439. The largest absolute Gasteiger partial charge is 0.481 e. The molecule has 1 atom stereocenters. The quantitative estimate of drug-likeness (QED) is 0.818. The van der Waals surface area contributed by atoms with Gasteiger partial charge in [0, 0.05) is 19.8 Å². The van der Waals surface area contributed by atoms with Gasteiger partial charge in [0.25, 0.3) is 0 Å². The number of aliphatic carboxylic acids is 1. The summed E-state index contributed by atoms with van der Waals surface area (Å²) in [7, 11) is 0. The molecule has 1 aromatic rings. The van der Waals surface area contributed by atoms with Gasteiger partial charge >= 0.3 is 12.1 Å². The highest BCUT2D eigenvalue weighted by molar-refractivity contribution is 5.79. The Morgan fingerprint density at radius 3 is 2.56 bits per heavy atom. The number of halogens is 3.